The van der Waals surface area contributed by atoms with Crippen LogP contribution < -0.4 is 0 Å². The van der Waals surface area contributed by atoms with Gasteiger partial charge in [0, 0.05) is 24.7 Å². The van der Waals surface area contributed by atoms with E-state index in [1.807, 2.05) is 0 Å². The number of alkyl halides is 3. The number of esters is 1. The lowest BCUT2D eigenvalue weighted by Gasteiger charge is -2.31. The molecule has 0 aliphatic carbocycles. The number of ether oxygens (including phenoxy) is 1. The Hall–Kier alpha value is -2.84. The summed E-state index contributed by atoms with van der Waals surface area (Å²) in [7, 11) is 0. The van der Waals surface area contributed by atoms with Crippen molar-refractivity contribution in [3.8, 4) is 0 Å². The molecule has 0 saturated carbocycles. The molecule has 0 N–H and O–H groups in total. The smallest absolute Gasteiger partial charge is 0.416 e. The van der Waals surface area contributed by atoms with Crippen LogP contribution in [0, 0.1) is 12.8 Å². The zero-order valence-electron chi connectivity index (χ0n) is 15.2. The predicted molar refractivity (Wildman–Crippen MR) is 91.1 cm³/mol. The summed E-state index contributed by atoms with van der Waals surface area (Å²) in [6.07, 6.45) is -3.58. The van der Waals surface area contributed by atoms with Crippen molar-refractivity contribution in [3.63, 3.8) is 0 Å². The van der Waals surface area contributed by atoms with Crippen molar-refractivity contribution in [3.05, 3.63) is 52.9 Å². The SMILES string of the molecule is Cc1cc(COC(=O)C2CCN(C(=O)c3ccc(C(F)(F)F)cc3)CC2)on1. The van der Waals surface area contributed by atoms with Gasteiger partial charge in [-0.1, -0.05) is 5.16 Å². The number of rotatable bonds is 4. The fourth-order valence-corrected chi connectivity index (χ4v) is 3.05. The third-order valence-electron chi connectivity index (χ3n) is 4.61. The minimum Gasteiger partial charge on any atom is -0.457 e. The average molecular weight is 396 g/mol. The van der Waals surface area contributed by atoms with Crippen molar-refractivity contribution in [1.82, 2.24) is 10.1 Å². The predicted octanol–water partition coefficient (Wildman–Crippen LogP) is 3.60. The lowest BCUT2D eigenvalue weighted by Crippen LogP contribution is -2.40. The van der Waals surface area contributed by atoms with Crippen molar-refractivity contribution in [1.29, 1.82) is 0 Å². The van der Waals surface area contributed by atoms with Crippen molar-refractivity contribution >= 4 is 11.9 Å². The number of piperidine rings is 1. The molecule has 2 aromatic rings. The summed E-state index contributed by atoms with van der Waals surface area (Å²) < 4.78 is 48.1. The molecule has 0 bridgehead atoms. The summed E-state index contributed by atoms with van der Waals surface area (Å²) in [6.45, 7) is 2.44. The quantitative estimate of drug-likeness (QED) is 0.739. The van der Waals surface area contributed by atoms with Gasteiger partial charge in [-0.3, -0.25) is 9.59 Å². The Kier molecular flexibility index (Phi) is 5.71. The van der Waals surface area contributed by atoms with Gasteiger partial charge in [-0.15, -0.1) is 0 Å². The van der Waals surface area contributed by atoms with E-state index in [0.29, 0.717) is 37.4 Å². The van der Waals surface area contributed by atoms with E-state index in [-0.39, 0.29) is 30.0 Å². The zero-order valence-corrected chi connectivity index (χ0v) is 15.2. The zero-order chi connectivity index (χ0) is 20.3. The standard InChI is InChI=1S/C19H19F3N2O4/c1-12-10-16(28-23-12)11-27-18(26)14-6-8-24(9-7-14)17(25)13-2-4-15(5-3-13)19(20,21)22/h2-5,10,14H,6-9,11H2,1H3. The van der Waals surface area contributed by atoms with Crippen LogP contribution in [0.3, 0.4) is 0 Å². The molecule has 1 aliphatic heterocycles. The second-order valence-corrected chi connectivity index (χ2v) is 6.68. The van der Waals surface area contributed by atoms with Gasteiger partial charge < -0.3 is 14.2 Å². The lowest BCUT2D eigenvalue weighted by molar-refractivity contribution is -0.152. The van der Waals surface area contributed by atoms with Crippen molar-refractivity contribution in [2.24, 2.45) is 5.92 Å². The van der Waals surface area contributed by atoms with Crippen LogP contribution in [-0.4, -0.2) is 35.0 Å². The Morgan fingerprint density at radius 2 is 1.86 bits per heavy atom. The van der Waals surface area contributed by atoms with Gasteiger partial charge in [0.2, 0.25) is 0 Å². The third kappa shape index (κ3) is 4.71. The van der Waals surface area contributed by atoms with E-state index in [1.54, 1.807) is 13.0 Å². The minimum atomic E-state index is -4.44. The molecule has 0 radical (unpaired) electrons. The van der Waals surface area contributed by atoms with Crippen molar-refractivity contribution in [2.75, 3.05) is 13.1 Å². The second-order valence-electron chi connectivity index (χ2n) is 6.68. The number of hydrogen-bond donors (Lipinski definition) is 0. The molecule has 1 amide bonds. The molecule has 150 valence electrons. The average Bonchev–Trinajstić information content (AvgIpc) is 3.10. The van der Waals surface area contributed by atoms with Gasteiger partial charge in [-0.2, -0.15) is 13.2 Å². The van der Waals surface area contributed by atoms with E-state index < -0.39 is 11.7 Å². The number of carbonyl (C=O) groups excluding carboxylic acids is 2. The Balaban J connectivity index is 1.50. The highest BCUT2D eigenvalue weighted by Crippen LogP contribution is 2.29. The maximum Gasteiger partial charge on any atom is 0.416 e. The van der Waals surface area contributed by atoms with Crippen molar-refractivity contribution < 1.29 is 32.0 Å². The van der Waals surface area contributed by atoms with Crippen LogP contribution in [0.2, 0.25) is 0 Å². The Labute approximate surface area is 159 Å². The van der Waals surface area contributed by atoms with Gasteiger partial charge in [0.15, 0.2) is 12.4 Å². The van der Waals surface area contributed by atoms with Crippen LogP contribution in [0.15, 0.2) is 34.9 Å². The number of likely N-dealkylation sites (tertiary alicyclic amines) is 1. The first-order valence-electron chi connectivity index (χ1n) is 8.79. The van der Waals surface area contributed by atoms with E-state index in [2.05, 4.69) is 5.16 Å². The maximum atomic E-state index is 12.6. The number of carbonyl (C=O) groups is 2. The molecule has 1 aliphatic rings. The normalized spacial score (nSPS) is 15.5. The molecular formula is C19H19F3N2O4. The van der Waals surface area contributed by atoms with Crippen LogP contribution in [0.25, 0.3) is 0 Å². The number of aromatic nitrogens is 1. The molecule has 9 heteroatoms. The Morgan fingerprint density at radius 1 is 1.21 bits per heavy atom. The Morgan fingerprint density at radius 3 is 2.39 bits per heavy atom. The van der Waals surface area contributed by atoms with Gasteiger partial charge in [0.1, 0.15) is 0 Å². The molecule has 3 rings (SSSR count). The number of amides is 1. The van der Waals surface area contributed by atoms with Gasteiger partial charge in [-0.25, -0.2) is 0 Å². The molecule has 0 spiro atoms. The number of halogens is 3. The molecule has 6 nitrogen and oxygen atoms in total. The van der Waals surface area contributed by atoms with Crippen LogP contribution >= 0.6 is 0 Å². The summed E-state index contributed by atoms with van der Waals surface area (Å²) in [5.74, 6) is -0.588. The molecule has 0 unspecified atom stereocenters. The van der Waals surface area contributed by atoms with E-state index in [1.165, 1.54) is 17.0 Å². The van der Waals surface area contributed by atoms with E-state index in [4.69, 9.17) is 9.26 Å². The molecule has 1 fully saturated rings. The van der Waals surface area contributed by atoms with Gasteiger partial charge in [0.25, 0.3) is 5.91 Å². The Bertz CT molecular complexity index is 838. The minimum absolute atomic E-state index is 0.00434. The molecule has 1 aromatic heterocycles. The number of aryl methyl sites for hydroxylation is 1. The largest absolute Gasteiger partial charge is 0.457 e. The number of benzene rings is 1. The van der Waals surface area contributed by atoms with Crippen LogP contribution in [-0.2, 0) is 22.3 Å². The van der Waals surface area contributed by atoms with Gasteiger partial charge in [0.05, 0.1) is 17.2 Å². The first-order valence-corrected chi connectivity index (χ1v) is 8.79. The fourth-order valence-electron chi connectivity index (χ4n) is 3.05. The first-order chi connectivity index (χ1) is 13.2. The third-order valence-corrected chi connectivity index (χ3v) is 4.61. The molecule has 2 heterocycles. The van der Waals surface area contributed by atoms with E-state index in [9.17, 15) is 22.8 Å². The maximum absolute atomic E-state index is 12.6. The van der Waals surface area contributed by atoms with Crippen LogP contribution in [0.4, 0.5) is 13.2 Å². The highest BCUT2D eigenvalue weighted by atomic mass is 19.4. The van der Waals surface area contributed by atoms with Crippen LogP contribution in [0.5, 0.6) is 0 Å². The number of hydrogen-bond acceptors (Lipinski definition) is 5. The topological polar surface area (TPSA) is 72.6 Å². The van der Waals surface area contributed by atoms with Crippen molar-refractivity contribution in [2.45, 2.75) is 32.5 Å². The van der Waals surface area contributed by atoms with E-state index >= 15 is 0 Å². The van der Waals surface area contributed by atoms with E-state index in [0.717, 1.165) is 12.1 Å². The molecule has 0 atom stereocenters. The van der Waals surface area contributed by atoms with Crippen LogP contribution in [0.1, 0.15) is 40.2 Å². The molecule has 1 aromatic carbocycles. The monoisotopic (exact) mass is 396 g/mol. The number of nitrogens with zero attached hydrogens (tertiary/aromatic N) is 2. The second kappa shape index (κ2) is 8.04. The molecule has 28 heavy (non-hydrogen) atoms. The summed E-state index contributed by atoms with van der Waals surface area (Å²) in [5, 5.41) is 3.71. The highest BCUT2D eigenvalue weighted by molar-refractivity contribution is 5.94. The van der Waals surface area contributed by atoms with Gasteiger partial charge >= 0.3 is 12.1 Å². The molecular weight excluding hydrogens is 377 g/mol. The summed E-state index contributed by atoms with van der Waals surface area (Å²) in [5.41, 5.74) is 0.0864. The lowest BCUT2D eigenvalue weighted by atomic mass is 9.96. The molecule has 1 saturated heterocycles. The summed E-state index contributed by atoms with van der Waals surface area (Å²) in [4.78, 5) is 26.2. The summed E-state index contributed by atoms with van der Waals surface area (Å²) >= 11 is 0. The summed E-state index contributed by atoms with van der Waals surface area (Å²) in [6, 6.07) is 5.81. The highest BCUT2D eigenvalue weighted by Gasteiger charge is 2.32. The van der Waals surface area contributed by atoms with Gasteiger partial charge in [-0.05, 0) is 44.0 Å². The first kappa shape index (κ1) is 19.9. The fraction of sp³-hybridized carbons (Fsp3) is 0.421.